The minimum absolute atomic E-state index is 0.0583. The smallest absolute Gasteiger partial charge is 0.220 e. The van der Waals surface area contributed by atoms with Crippen molar-refractivity contribution in [1.82, 2.24) is 5.32 Å². The molecule has 0 bridgehead atoms. The monoisotopic (exact) mass is 211 g/mol. The molecule has 2 nitrogen and oxygen atoms in total. The molecule has 2 rings (SSSR count). The second-order valence-corrected chi connectivity index (χ2v) is 3.64. The van der Waals surface area contributed by atoms with Gasteiger partial charge in [-0.2, -0.15) is 0 Å². The van der Waals surface area contributed by atoms with Crippen molar-refractivity contribution >= 4 is 22.8 Å². The Morgan fingerprint density at radius 2 is 1.88 bits per heavy atom. The van der Waals surface area contributed by atoms with Gasteiger partial charge < -0.3 is 5.32 Å². The van der Waals surface area contributed by atoms with Gasteiger partial charge in [0.1, 0.15) is 0 Å². The number of hydrogen-bond acceptors (Lipinski definition) is 1. The minimum Gasteiger partial charge on any atom is -0.333 e. The number of amides is 1. The van der Waals surface area contributed by atoms with Crippen LogP contribution < -0.4 is 5.32 Å². The summed E-state index contributed by atoms with van der Waals surface area (Å²) in [5.74, 6) is -0.0583. The van der Waals surface area contributed by atoms with E-state index in [4.69, 9.17) is 0 Å². The largest absolute Gasteiger partial charge is 0.333 e. The Hall–Kier alpha value is -2.09. The van der Waals surface area contributed by atoms with Crippen molar-refractivity contribution in [1.29, 1.82) is 0 Å². The summed E-state index contributed by atoms with van der Waals surface area (Å²) in [6.45, 7) is 1.49. The van der Waals surface area contributed by atoms with E-state index in [0.717, 1.165) is 5.56 Å². The van der Waals surface area contributed by atoms with Gasteiger partial charge in [0.05, 0.1) is 0 Å². The molecule has 0 radical (unpaired) electrons. The summed E-state index contributed by atoms with van der Waals surface area (Å²) in [5.41, 5.74) is 1.08. The number of nitrogens with one attached hydrogen (secondary N) is 1. The molecule has 1 N–H and O–H groups in total. The molecule has 0 aliphatic rings. The Morgan fingerprint density at radius 1 is 1.12 bits per heavy atom. The molecule has 0 fully saturated rings. The van der Waals surface area contributed by atoms with Gasteiger partial charge >= 0.3 is 0 Å². The summed E-state index contributed by atoms with van der Waals surface area (Å²) in [6, 6.07) is 14.4. The lowest BCUT2D eigenvalue weighted by Crippen LogP contribution is -2.10. The Balaban J connectivity index is 2.26. The summed E-state index contributed by atoms with van der Waals surface area (Å²) in [6.07, 6.45) is 3.54. The Labute approximate surface area is 94.6 Å². The number of benzene rings is 2. The SMILES string of the molecule is CC(=O)N/C=C/c1ccc2ccccc2c1. The van der Waals surface area contributed by atoms with Crippen molar-refractivity contribution in [3.05, 3.63) is 54.2 Å². The molecule has 0 aliphatic carbocycles. The van der Waals surface area contributed by atoms with E-state index in [1.807, 2.05) is 24.3 Å². The Morgan fingerprint density at radius 3 is 2.62 bits per heavy atom. The lowest BCUT2D eigenvalue weighted by molar-refractivity contribution is -0.118. The van der Waals surface area contributed by atoms with E-state index >= 15 is 0 Å². The molecule has 2 heteroatoms. The molecule has 0 aliphatic heterocycles. The van der Waals surface area contributed by atoms with Crippen molar-refractivity contribution in [3.8, 4) is 0 Å². The predicted molar refractivity (Wildman–Crippen MR) is 66.8 cm³/mol. The van der Waals surface area contributed by atoms with Crippen LogP contribution in [0.25, 0.3) is 16.8 Å². The molecule has 0 saturated carbocycles. The highest BCUT2D eigenvalue weighted by atomic mass is 16.1. The first kappa shape index (κ1) is 10.4. The fourth-order valence-corrected chi connectivity index (χ4v) is 1.57. The van der Waals surface area contributed by atoms with Gasteiger partial charge in [0.2, 0.25) is 5.91 Å². The molecule has 2 aromatic carbocycles. The molecule has 80 valence electrons. The van der Waals surface area contributed by atoms with Crippen LogP contribution in [0.1, 0.15) is 12.5 Å². The van der Waals surface area contributed by atoms with E-state index in [1.54, 1.807) is 6.20 Å². The lowest BCUT2D eigenvalue weighted by atomic mass is 10.1. The quantitative estimate of drug-likeness (QED) is 0.813. The molecular formula is C14H13NO. The zero-order chi connectivity index (χ0) is 11.4. The van der Waals surface area contributed by atoms with Crippen LogP contribution in [0.15, 0.2) is 48.7 Å². The number of carbonyl (C=O) groups is 1. The summed E-state index contributed by atoms with van der Waals surface area (Å²) >= 11 is 0. The molecule has 16 heavy (non-hydrogen) atoms. The van der Waals surface area contributed by atoms with Crippen molar-refractivity contribution in [3.63, 3.8) is 0 Å². The van der Waals surface area contributed by atoms with E-state index < -0.39 is 0 Å². The van der Waals surface area contributed by atoms with Gasteiger partial charge in [-0.3, -0.25) is 4.79 Å². The average molecular weight is 211 g/mol. The number of hydrogen-bond donors (Lipinski definition) is 1. The van der Waals surface area contributed by atoms with Crippen molar-refractivity contribution < 1.29 is 4.79 Å². The normalized spacial score (nSPS) is 10.8. The summed E-state index contributed by atoms with van der Waals surface area (Å²) in [4.78, 5) is 10.7. The fraction of sp³-hybridized carbons (Fsp3) is 0.0714. The maximum Gasteiger partial charge on any atom is 0.220 e. The van der Waals surface area contributed by atoms with Crippen molar-refractivity contribution in [2.45, 2.75) is 6.92 Å². The first-order chi connectivity index (χ1) is 7.75. The number of carbonyl (C=O) groups excluding carboxylic acids is 1. The molecule has 1 amide bonds. The average Bonchev–Trinajstić information content (AvgIpc) is 2.28. The third-order valence-electron chi connectivity index (χ3n) is 2.34. The minimum atomic E-state index is -0.0583. The van der Waals surface area contributed by atoms with Gasteiger partial charge in [-0.15, -0.1) is 0 Å². The Bertz CT molecular complexity index is 543. The van der Waals surface area contributed by atoms with E-state index in [9.17, 15) is 4.79 Å². The van der Waals surface area contributed by atoms with E-state index in [0.29, 0.717) is 0 Å². The number of fused-ring (bicyclic) bond motifs is 1. The topological polar surface area (TPSA) is 29.1 Å². The van der Waals surface area contributed by atoms with Gasteiger partial charge in [0, 0.05) is 13.1 Å². The second-order valence-electron chi connectivity index (χ2n) is 3.64. The van der Waals surface area contributed by atoms with Crippen LogP contribution in [-0.2, 0) is 4.79 Å². The van der Waals surface area contributed by atoms with Crippen LogP contribution in [0.5, 0.6) is 0 Å². The van der Waals surface area contributed by atoms with E-state index in [2.05, 4.69) is 29.6 Å². The molecule has 0 heterocycles. The summed E-state index contributed by atoms with van der Waals surface area (Å²) in [7, 11) is 0. The number of rotatable bonds is 2. The molecule has 0 unspecified atom stereocenters. The molecule has 0 saturated heterocycles. The van der Waals surface area contributed by atoms with Gasteiger partial charge in [0.15, 0.2) is 0 Å². The molecule has 0 spiro atoms. The maximum absolute atomic E-state index is 10.7. The van der Waals surface area contributed by atoms with Crippen LogP contribution in [0.3, 0.4) is 0 Å². The predicted octanol–water partition coefficient (Wildman–Crippen LogP) is 2.95. The zero-order valence-corrected chi connectivity index (χ0v) is 9.10. The highest BCUT2D eigenvalue weighted by Gasteiger charge is 1.92. The third kappa shape index (κ3) is 2.48. The third-order valence-corrected chi connectivity index (χ3v) is 2.34. The highest BCUT2D eigenvalue weighted by molar-refractivity contribution is 5.84. The lowest BCUT2D eigenvalue weighted by Gasteiger charge is -1.99. The van der Waals surface area contributed by atoms with Gasteiger partial charge in [0.25, 0.3) is 0 Å². The molecule has 2 aromatic rings. The highest BCUT2D eigenvalue weighted by Crippen LogP contribution is 2.16. The molecule has 0 aromatic heterocycles. The van der Waals surface area contributed by atoms with Crippen molar-refractivity contribution in [2.24, 2.45) is 0 Å². The standard InChI is InChI=1S/C14H13NO/c1-11(16)15-9-8-12-6-7-13-4-2-3-5-14(13)10-12/h2-10H,1H3,(H,15,16)/b9-8+. The first-order valence-electron chi connectivity index (χ1n) is 5.18. The van der Waals surface area contributed by atoms with Crippen LogP contribution in [0.4, 0.5) is 0 Å². The van der Waals surface area contributed by atoms with Crippen LogP contribution in [0.2, 0.25) is 0 Å². The second kappa shape index (κ2) is 4.62. The zero-order valence-electron chi connectivity index (χ0n) is 9.10. The maximum atomic E-state index is 10.7. The van der Waals surface area contributed by atoms with Crippen LogP contribution in [0, 0.1) is 0 Å². The van der Waals surface area contributed by atoms with E-state index in [1.165, 1.54) is 17.7 Å². The van der Waals surface area contributed by atoms with Crippen molar-refractivity contribution in [2.75, 3.05) is 0 Å². The fourth-order valence-electron chi connectivity index (χ4n) is 1.57. The van der Waals surface area contributed by atoms with Gasteiger partial charge in [-0.25, -0.2) is 0 Å². The van der Waals surface area contributed by atoms with Crippen LogP contribution in [-0.4, -0.2) is 5.91 Å². The summed E-state index contributed by atoms with van der Waals surface area (Å²) in [5, 5.41) is 5.05. The first-order valence-corrected chi connectivity index (χ1v) is 5.18. The molecular weight excluding hydrogens is 198 g/mol. The molecule has 0 atom stereocenters. The van der Waals surface area contributed by atoms with Gasteiger partial charge in [-0.1, -0.05) is 36.4 Å². The van der Waals surface area contributed by atoms with Gasteiger partial charge in [-0.05, 0) is 28.5 Å². The van der Waals surface area contributed by atoms with E-state index in [-0.39, 0.29) is 5.91 Å². The Kier molecular flexibility index (Phi) is 3.01. The summed E-state index contributed by atoms with van der Waals surface area (Å²) < 4.78 is 0. The van der Waals surface area contributed by atoms with Crippen LogP contribution >= 0.6 is 0 Å².